The SMILES string of the molecule is CSCCO/N=C/C1CC1. The molecule has 0 aromatic heterocycles. The highest BCUT2D eigenvalue weighted by molar-refractivity contribution is 7.98. The lowest BCUT2D eigenvalue weighted by Gasteiger charge is -1.93. The van der Waals surface area contributed by atoms with Gasteiger partial charge in [-0.15, -0.1) is 0 Å². The van der Waals surface area contributed by atoms with Crippen LogP contribution in [-0.4, -0.2) is 24.8 Å². The van der Waals surface area contributed by atoms with Gasteiger partial charge in [0.2, 0.25) is 0 Å². The van der Waals surface area contributed by atoms with Crippen LogP contribution in [0.25, 0.3) is 0 Å². The number of hydrogen-bond acceptors (Lipinski definition) is 3. The van der Waals surface area contributed by atoms with Crippen LogP contribution in [0, 0.1) is 5.92 Å². The molecule has 0 atom stereocenters. The molecule has 0 aliphatic heterocycles. The molecule has 0 aromatic rings. The number of rotatable bonds is 5. The summed E-state index contributed by atoms with van der Waals surface area (Å²) in [6.07, 6.45) is 6.58. The second kappa shape index (κ2) is 4.61. The van der Waals surface area contributed by atoms with E-state index in [2.05, 4.69) is 11.4 Å². The molecule has 0 aromatic carbocycles. The molecule has 0 amide bonds. The van der Waals surface area contributed by atoms with Crippen molar-refractivity contribution < 1.29 is 4.84 Å². The molecule has 1 saturated carbocycles. The Balaban J connectivity index is 1.83. The molecule has 0 radical (unpaired) electrons. The fourth-order valence-electron chi connectivity index (χ4n) is 0.548. The van der Waals surface area contributed by atoms with Gasteiger partial charge in [-0.25, -0.2) is 0 Å². The molecule has 2 nitrogen and oxygen atoms in total. The lowest BCUT2D eigenvalue weighted by molar-refractivity contribution is 0.162. The van der Waals surface area contributed by atoms with Gasteiger partial charge in [-0.3, -0.25) is 0 Å². The standard InChI is InChI=1S/C7H13NOS/c1-10-5-4-9-8-6-7-2-3-7/h6-7H,2-5H2,1H3/b8-6+. The maximum absolute atomic E-state index is 4.97. The summed E-state index contributed by atoms with van der Waals surface area (Å²) in [7, 11) is 0. The second-order valence-corrected chi connectivity index (χ2v) is 3.40. The van der Waals surface area contributed by atoms with Crippen LogP contribution >= 0.6 is 11.8 Å². The zero-order valence-electron chi connectivity index (χ0n) is 6.25. The molecule has 3 heteroatoms. The van der Waals surface area contributed by atoms with Gasteiger partial charge in [-0.05, 0) is 25.0 Å². The quantitative estimate of drug-likeness (QED) is 0.346. The minimum atomic E-state index is 0.731. The van der Waals surface area contributed by atoms with Crippen LogP contribution in [0.1, 0.15) is 12.8 Å². The summed E-state index contributed by atoms with van der Waals surface area (Å²) in [6.45, 7) is 0.740. The average Bonchev–Trinajstić information content (AvgIpc) is 2.71. The zero-order valence-corrected chi connectivity index (χ0v) is 7.06. The molecule has 0 unspecified atom stereocenters. The molecule has 58 valence electrons. The third kappa shape index (κ3) is 3.77. The molecule has 0 saturated heterocycles. The van der Waals surface area contributed by atoms with Crippen molar-refractivity contribution in [2.24, 2.45) is 11.1 Å². The Labute approximate surface area is 66.0 Å². The fraction of sp³-hybridized carbons (Fsp3) is 0.857. The molecule has 0 heterocycles. The van der Waals surface area contributed by atoms with Crippen molar-refractivity contribution >= 4 is 18.0 Å². The highest BCUT2D eigenvalue weighted by Gasteiger charge is 2.18. The first-order valence-electron chi connectivity index (χ1n) is 3.58. The van der Waals surface area contributed by atoms with E-state index in [1.54, 1.807) is 11.8 Å². The summed E-state index contributed by atoms with van der Waals surface area (Å²) in [5.74, 6) is 1.76. The molecule has 1 aliphatic carbocycles. The van der Waals surface area contributed by atoms with Gasteiger partial charge >= 0.3 is 0 Å². The number of nitrogens with zero attached hydrogens (tertiary/aromatic N) is 1. The maximum atomic E-state index is 4.97. The Kier molecular flexibility index (Phi) is 3.65. The number of thioether (sulfide) groups is 1. The molecule has 0 N–H and O–H groups in total. The maximum Gasteiger partial charge on any atom is 0.126 e. The molecule has 10 heavy (non-hydrogen) atoms. The van der Waals surface area contributed by atoms with Crippen molar-refractivity contribution in [3.05, 3.63) is 0 Å². The Morgan fingerprint density at radius 3 is 3.10 bits per heavy atom. The third-order valence-electron chi connectivity index (χ3n) is 1.35. The van der Waals surface area contributed by atoms with Crippen LogP contribution in [0.15, 0.2) is 5.16 Å². The van der Waals surface area contributed by atoms with Gasteiger partial charge in [0, 0.05) is 12.0 Å². The van der Waals surface area contributed by atoms with Gasteiger partial charge in [0.05, 0.1) is 0 Å². The van der Waals surface area contributed by atoms with Crippen molar-refractivity contribution in [3.8, 4) is 0 Å². The van der Waals surface area contributed by atoms with Crippen molar-refractivity contribution in [2.75, 3.05) is 18.6 Å². The minimum Gasteiger partial charge on any atom is -0.395 e. The first-order valence-corrected chi connectivity index (χ1v) is 4.97. The van der Waals surface area contributed by atoms with Crippen molar-refractivity contribution in [1.29, 1.82) is 0 Å². The Bertz CT molecular complexity index is 112. The largest absolute Gasteiger partial charge is 0.395 e. The van der Waals surface area contributed by atoms with Crippen LogP contribution in [0.2, 0.25) is 0 Å². The molecular formula is C7H13NOS. The predicted molar refractivity (Wildman–Crippen MR) is 45.6 cm³/mol. The topological polar surface area (TPSA) is 21.6 Å². The Morgan fingerprint density at radius 1 is 1.70 bits per heavy atom. The van der Waals surface area contributed by atoms with Gasteiger partial charge < -0.3 is 4.84 Å². The molecule has 0 spiro atoms. The summed E-state index contributed by atoms with van der Waals surface area (Å²) in [5.41, 5.74) is 0. The van der Waals surface area contributed by atoms with Crippen LogP contribution in [0.5, 0.6) is 0 Å². The predicted octanol–water partition coefficient (Wildman–Crippen LogP) is 1.76. The summed E-state index contributed by atoms with van der Waals surface area (Å²) < 4.78 is 0. The van der Waals surface area contributed by atoms with Gasteiger partial charge in [0.1, 0.15) is 6.61 Å². The van der Waals surface area contributed by atoms with E-state index in [-0.39, 0.29) is 0 Å². The van der Waals surface area contributed by atoms with Gasteiger partial charge in [-0.2, -0.15) is 11.8 Å². The number of hydrogen-bond donors (Lipinski definition) is 0. The van der Waals surface area contributed by atoms with E-state index in [9.17, 15) is 0 Å². The van der Waals surface area contributed by atoms with E-state index in [0.717, 1.165) is 18.3 Å². The molecule has 1 aliphatic rings. The first-order chi connectivity index (χ1) is 4.93. The molecule has 1 rings (SSSR count). The molecule has 1 fully saturated rings. The third-order valence-corrected chi connectivity index (χ3v) is 1.92. The van der Waals surface area contributed by atoms with Gasteiger partial charge in [0.15, 0.2) is 0 Å². The van der Waals surface area contributed by atoms with E-state index in [4.69, 9.17) is 4.84 Å². The van der Waals surface area contributed by atoms with E-state index in [1.807, 2.05) is 6.21 Å². The lowest BCUT2D eigenvalue weighted by atomic mass is 10.5. The van der Waals surface area contributed by atoms with Crippen LogP contribution in [-0.2, 0) is 4.84 Å². The Morgan fingerprint density at radius 2 is 2.50 bits per heavy atom. The second-order valence-electron chi connectivity index (χ2n) is 2.42. The Hall–Kier alpha value is -0.180. The summed E-state index contributed by atoms with van der Waals surface area (Å²) >= 11 is 1.78. The summed E-state index contributed by atoms with van der Waals surface area (Å²) in [5, 5.41) is 3.83. The van der Waals surface area contributed by atoms with Crippen molar-refractivity contribution in [2.45, 2.75) is 12.8 Å². The fourth-order valence-corrected chi connectivity index (χ4v) is 0.789. The monoisotopic (exact) mass is 159 g/mol. The molecule has 0 bridgehead atoms. The van der Waals surface area contributed by atoms with Crippen molar-refractivity contribution in [1.82, 2.24) is 0 Å². The summed E-state index contributed by atoms with van der Waals surface area (Å²) in [6, 6.07) is 0. The number of oxime groups is 1. The van der Waals surface area contributed by atoms with E-state index >= 15 is 0 Å². The molecular weight excluding hydrogens is 146 g/mol. The highest BCUT2D eigenvalue weighted by atomic mass is 32.2. The normalized spacial score (nSPS) is 18.1. The van der Waals surface area contributed by atoms with E-state index in [0.29, 0.717) is 0 Å². The van der Waals surface area contributed by atoms with Crippen LogP contribution in [0.4, 0.5) is 0 Å². The highest BCUT2D eigenvalue weighted by Crippen LogP contribution is 2.26. The van der Waals surface area contributed by atoms with Crippen molar-refractivity contribution in [3.63, 3.8) is 0 Å². The van der Waals surface area contributed by atoms with Crippen LogP contribution < -0.4 is 0 Å². The average molecular weight is 159 g/mol. The van der Waals surface area contributed by atoms with E-state index < -0.39 is 0 Å². The lowest BCUT2D eigenvalue weighted by Crippen LogP contribution is -1.90. The summed E-state index contributed by atoms with van der Waals surface area (Å²) in [4.78, 5) is 4.97. The van der Waals surface area contributed by atoms with Gasteiger partial charge in [-0.1, -0.05) is 5.16 Å². The smallest absolute Gasteiger partial charge is 0.126 e. The first kappa shape index (κ1) is 7.92. The van der Waals surface area contributed by atoms with Gasteiger partial charge in [0.25, 0.3) is 0 Å². The minimum absolute atomic E-state index is 0.731. The van der Waals surface area contributed by atoms with E-state index in [1.165, 1.54) is 12.8 Å². The van der Waals surface area contributed by atoms with Crippen LogP contribution in [0.3, 0.4) is 0 Å². The zero-order chi connectivity index (χ0) is 7.23.